The van der Waals surface area contributed by atoms with Gasteiger partial charge in [0.05, 0.1) is 0 Å². The Hall–Kier alpha value is -4.71. The van der Waals surface area contributed by atoms with Crippen LogP contribution in [0, 0.1) is 0 Å². The molecule has 0 bridgehead atoms. The van der Waals surface area contributed by atoms with Crippen LogP contribution in [0.5, 0.6) is 0 Å². The summed E-state index contributed by atoms with van der Waals surface area (Å²) < 4.78 is 16.8. The molecular formula is C73H118O6. The van der Waals surface area contributed by atoms with Crippen LogP contribution in [0.15, 0.2) is 146 Å². The van der Waals surface area contributed by atoms with Crippen molar-refractivity contribution in [1.29, 1.82) is 0 Å². The number of carbonyl (C=O) groups is 3. The lowest BCUT2D eigenvalue weighted by atomic mass is 10.0. The molecule has 79 heavy (non-hydrogen) atoms. The predicted octanol–water partition coefficient (Wildman–Crippen LogP) is 22.3. The number of unbranched alkanes of at least 4 members (excludes halogenated alkanes) is 22. The van der Waals surface area contributed by atoms with Gasteiger partial charge in [0, 0.05) is 19.3 Å². The molecule has 1 unspecified atom stereocenters. The normalized spacial score (nSPS) is 13.1. The number of allylic oxidation sites excluding steroid dienone is 24. The van der Waals surface area contributed by atoms with Crippen molar-refractivity contribution in [1.82, 2.24) is 0 Å². The van der Waals surface area contributed by atoms with Crippen LogP contribution in [-0.4, -0.2) is 37.2 Å². The highest BCUT2D eigenvalue weighted by Gasteiger charge is 2.19. The molecule has 0 saturated heterocycles. The minimum absolute atomic E-state index is 0.119. The zero-order chi connectivity index (χ0) is 57.1. The van der Waals surface area contributed by atoms with E-state index in [4.69, 9.17) is 14.2 Å². The van der Waals surface area contributed by atoms with Gasteiger partial charge < -0.3 is 14.2 Å². The van der Waals surface area contributed by atoms with E-state index < -0.39 is 6.10 Å². The van der Waals surface area contributed by atoms with Crippen LogP contribution in [0.2, 0.25) is 0 Å². The van der Waals surface area contributed by atoms with Crippen LogP contribution in [0.3, 0.4) is 0 Å². The molecule has 0 aromatic rings. The summed E-state index contributed by atoms with van der Waals surface area (Å²) in [6.45, 7) is 6.32. The molecule has 0 radical (unpaired) electrons. The van der Waals surface area contributed by atoms with Crippen LogP contribution in [0.4, 0.5) is 0 Å². The minimum Gasteiger partial charge on any atom is -0.462 e. The lowest BCUT2D eigenvalue weighted by Gasteiger charge is -2.18. The van der Waals surface area contributed by atoms with Crippen molar-refractivity contribution in [2.24, 2.45) is 0 Å². The monoisotopic (exact) mass is 1090 g/mol. The summed E-state index contributed by atoms with van der Waals surface area (Å²) in [5, 5.41) is 0. The maximum Gasteiger partial charge on any atom is 0.306 e. The summed E-state index contributed by atoms with van der Waals surface area (Å²) in [5.41, 5.74) is 0. The van der Waals surface area contributed by atoms with Crippen molar-refractivity contribution in [3.63, 3.8) is 0 Å². The highest BCUT2D eigenvalue weighted by Crippen LogP contribution is 2.15. The van der Waals surface area contributed by atoms with E-state index in [1.807, 2.05) is 0 Å². The molecule has 0 rings (SSSR count). The van der Waals surface area contributed by atoms with Gasteiger partial charge in [0.2, 0.25) is 0 Å². The number of carbonyl (C=O) groups excluding carboxylic acids is 3. The second kappa shape index (κ2) is 65.8. The lowest BCUT2D eigenvalue weighted by molar-refractivity contribution is -0.167. The summed E-state index contributed by atoms with van der Waals surface area (Å²) in [7, 11) is 0. The van der Waals surface area contributed by atoms with Crippen LogP contribution in [0.25, 0.3) is 0 Å². The van der Waals surface area contributed by atoms with Gasteiger partial charge in [-0.2, -0.15) is 0 Å². The highest BCUT2D eigenvalue weighted by atomic mass is 16.6. The molecule has 6 nitrogen and oxygen atoms in total. The molecule has 0 fully saturated rings. The van der Waals surface area contributed by atoms with Crippen LogP contribution >= 0.6 is 0 Å². The van der Waals surface area contributed by atoms with Crippen molar-refractivity contribution in [3.05, 3.63) is 146 Å². The Kier molecular flexibility index (Phi) is 61.9. The molecule has 1 atom stereocenters. The number of hydrogen-bond acceptors (Lipinski definition) is 6. The molecule has 6 heteroatoms. The smallest absolute Gasteiger partial charge is 0.306 e. The second-order valence-electron chi connectivity index (χ2n) is 20.9. The Morgan fingerprint density at radius 1 is 0.266 bits per heavy atom. The second-order valence-corrected chi connectivity index (χ2v) is 20.9. The minimum atomic E-state index is -0.832. The molecule has 0 amide bonds. The molecule has 0 aromatic carbocycles. The maximum absolute atomic E-state index is 12.9. The number of esters is 3. The SMILES string of the molecule is CC/C=C\C/C=C\C/C=C\C/C=C\C/C=C\CCCC(=O)OC(COC(=O)CCCC/C=C\C/C=C\C/C=C\C/C=C\CC)COC(=O)CCCCCCCCCCCCCCCC/C=C\C/C=C\C/C=C\CCCCCCC. The summed E-state index contributed by atoms with van der Waals surface area (Å²) >= 11 is 0. The number of ether oxygens (including phenoxy) is 3. The molecule has 446 valence electrons. The molecule has 0 spiro atoms. The number of rotatable bonds is 57. The summed E-state index contributed by atoms with van der Waals surface area (Å²) in [6.07, 6.45) is 94.4. The third-order valence-corrected chi connectivity index (χ3v) is 13.3. The Morgan fingerprint density at radius 3 is 0.835 bits per heavy atom. The summed E-state index contributed by atoms with van der Waals surface area (Å²) in [5.74, 6) is -1.02. The van der Waals surface area contributed by atoms with Crippen LogP contribution in [-0.2, 0) is 28.6 Å². The average Bonchev–Trinajstić information content (AvgIpc) is 3.45. The fourth-order valence-corrected chi connectivity index (χ4v) is 8.54. The largest absolute Gasteiger partial charge is 0.462 e. The van der Waals surface area contributed by atoms with Crippen LogP contribution < -0.4 is 0 Å². The van der Waals surface area contributed by atoms with Crippen molar-refractivity contribution in [2.75, 3.05) is 13.2 Å². The van der Waals surface area contributed by atoms with E-state index in [0.717, 1.165) is 109 Å². The van der Waals surface area contributed by atoms with Crippen LogP contribution in [0.1, 0.15) is 278 Å². The predicted molar refractivity (Wildman–Crippen MR) is 343 cm³/mol. The van der Waals surface area contributed by atoms with Crippen molar-refractivity contribution in [3.8, 4) is 0 Å². The molecule has 0 N–H and O–H groups in total. The van der Waals surface area contributed by atoms with E-state index in [0.29, 0.717) is 19.3 Å². The summed E-state index contributed by atoms with van der Waals surface area (Å²) in [4.78, 5) is 38.3. The molecule has 0 aromatic heterocycles. The Morgan fingerprint density at radius 2 is 0.506 bits per heavy atom. The third kappa shape index (κ3) is 64.0. The number of hydrogen-bond donors (Lipinski definition) is 0. The maximum atomic E-state index is 12.9. The first-order valence-electron chi connectivity index (χ1n) is 32.3. The van der Waals surface area contributed by atoms with Gasteiger partial charge in [-0.25, -0.2) is 0 Å². The van der Waals surface area contributed by atoms with Gasteiger partial charge in [-0.05, 0) is 135 Å². The first-order valence-corrected chi connectivity index (χ1v) is 32.3. The van der Waals surface area contributed by atoms with Gasteiger partial charge in [-0.1, -0.05) is 269 Å². The fraction of sp³-hybridized carbons (Fsp3) is 0.630. The lowest BCUT2D eigenvalue weighted by Crippen LogP contribution is -2.30. The topological polar surface area (TPSA) is 78.9 Å². The average molecular weight is 1090 g/mol. The summed E-state index contributed by atoms with van der Waals surface area (Å²) in [6, 6.07) is 0. The van der Waals surface area contributed by atoms with Gasteiger partial charge in [0.1, 0.15) is 13.2 Å². The molecule has 0 aliphatic heterocycles. The molecule has 0 heterocycles. The van der Waals surface area contributed by atoms with E-state index in [-0.39, 0.29) is 44.0 Å². The van der Waals surface area contributed by atoms with Gasteiger partial charge >= 0.3 is 17.9 Å². The van der Waals surface area contributed by atoms with E-state index in [9.17, 15) is 14.4 Å². The van der Waals surface area contributed by atoms with E-state index in [2.05, 4.69) is 167 Å². The van der Waals surface area contributed by atoms with Crippen molar-refractivity contribution in [2.45, 2.75) is 284 Å². The molecule has 0 aliphatic rings. The zero-order valence-corrected chi connectivity index (χ0v) is 51.1. The van der Waals surface area contributed by atoms with Crippen molar-refractivity contribution < 1.29 is 28.6 Å². The zero-order valence-electron chi connectivity index (χ0n) is 51.1. The Bertz CT molecular complexity index is 1730. The first kappa shape index (κ1) is 74.3. The standard InChI is InChI=1S/C73H118O6/c1-4-7-10-13-16-19-22-25-28-30-31-32-33-34-35-36-37-38-39-40-41-43-45-48-51-54-57-60-63-66-72(75)78-69-70(68-77-71(74)65-62-59-56-53-50-47-44-27-24-21-18-15-12-9-6-3)79-73(76)67-64-61-58-55-52-49-46-42-29-26-23-20-17-14-11-8-5-2/h8-9,11-12,17-18,20-22,25-27,29-31,33-34,44,46,49-50,53,55,58,70H,4-7,10,13-16,19,23-24,28,32,35-43,45,47-48,51-52,54,56-57,59-69H2,1-3H3/b11-8-,12-9-,20-17-,21-18-,25-22-,29-26-,31-30-,34-33-,44-27-,49-46-,53-50-,58-55-. The molecule has 0 aliphatic carbocycles. The quantitative estimate of drug-likeness (QED) is 0.0261. The first-order chi connectivity index (χ1) is 39.0. The molecule has 0 saturated carbocycles. The highest BCUT2D eigenvalue weighted by molar-refractivity contribution is 5.71. The Balaban J connectivity index is 4.38. The fourth-order valence-electron chi connectivity index (χ4n) is 8.54. The van der Waals surface area contributed by atoms with Crippen molar-refractivity contribution >= 4 is 17.9 Å². The van der Waals surface area contributed by atoms with Gasteiger partial charge in [0.25, 0.3) is 0 Å². The van der Waals surface area contributed by atoms with E-state index >= 15 is 0 Å². The molecular weight excluding hydrogens is 973 g/mol. The van der Waals surface area contributed by atoms with Gasteiger partial charge in [-0.3, -0.25) is 14.4 Å². The Labute approximate surface area is 487 Å². The third-order valence-electron chi connectivity index (χ3n) is 13.3. The van der Waals surface area contributed by atoms with Gasteiger partial charge in [0.15, 0.2) is 6.10 Å². The van der Waals surface area contributed by atoms with Gasteiger partial charge in [-0.15, -0.1) is 0 Å². The van der Waals surface area contributed by atoms with E-state index in [1.165, 1.54) is 116 Å². The van der Waals surface area contributed by atoms with E-state index in [1.54, 1.807) is 0 Å².